The van der Waals surface area contributed by atoms with Crippen LogP contribution < -0.4 is 4.90 Å². The predicted octanol–water partition coefficient (Wildman–Crippen LogP) is 3.24. The highest BCUT2D eigenvalue weighted by Crippen LogP contribution is 2.14. The molecule has 0 spiro atoms. The zero-order chi connectivity index (χ0) is 15.1. The molecule has 0 saturated carbocycles. The minimum absolute atomic E-state index is 0.535. The summed E-state index contributed by atoms with van der Waals surface area (Å²) in [7, 11) is 0. The number of hydrogen-bond acceptors (Lipinski definition) is 4. The average Bonchev–Trinajstić information content (AvgIpc) is 2.54. The van der Waals surface area contributed by atoms with Gasteiger partial charge in [0.25, 0.3) is 0 Å². The first-order chi connectivity index (χ1) is 10.3. The topological polar surface area (TPSA) is 41.9 Å². The number of hydrogen-bond donors (Lipinski definition) is 0. The summed E-state index contributed by atoms with van der Waals surface area (Å²) in [5.74, 6) is 1.20. The fourth-order valence-corrected chi connectivity index (χ4v) is 2.42. The van der Waals surface area contributed by atoms with Crippen molar-refractivity contribution in [3.8, 4) is 0 Å². The predicted molar refractivity (Wildman–Crippen MR) is 86.8 cm³/mol. The van der Waals surface area contributed by atoms with Gasteiger partial charge in [-0.1, -0.05) is 44.2 Å². The van der Waals surface area contributed by atoms with Crippen LogP contribution in [0.2, 0.25) is 0 Å². The molecule has 1 heterocycles. The number of benzene rings is 1. The van der Waals surface area contributed by atoms with Gasteiger partial charge in [0.2, 0.25) is 5.95 Å². The SMILES string of the molecule is CCc1nnc(N(CCCl)Cc2ccccc2)nc1CC. The lowest BCUT2D eigenvalue weighted by molar-refractivity contribution is 0.739. The van der Waals surface area contributed by atoms with Crippen molar-refractivity contribution in [1.29, 1.82) is 0 Å². The molecule has 5 heteroatoms. The minimum atomic E-state index is 0.535. The van der Waals surface area contributed by atoms with E-state index in [-0.39, 0.29) is 0 Å². The van der Waals surface area contributed by atoms with Gasteiger partial charge in [0.1, 0.15) is 0 Å². The third kappa shape index (κ3) is 4.14. The Labute approximate surface area is 131 Å². The molecule has 0 atom stereocenters. The molecule has 112 valence electrons. The summed E-state index contributed by atoms with van der Waals surface area (Å²) >= 11 is 5.93. The first-order valence-electron chi connectivity index (χ1n) is 7.35. The number of anilines is 1. The summed E-state index contributed by atoms with van der Waals surface area (Å²) in [6, 6.07) is 10.3. The molecule has 0 aliphatic heterocycles. The van der Waals surface area contributed by atoms with Crippen LogP contribution in [-0.2, 0) is 19.4 Å². The van der Waals surface area contributed by atoms with E-state index >= 15 is 0 Å². The summed E-state index contributed by atoms with van der Waals surface area (Å²) in [6.07, 6.45) is 1.73. The second-order valence-corrected chi connectivity index (χ2v) is 5.19. The number of nitrogens with zero attached hydrogens (tertiary/aromatic N) is 4. The minimum Gasteiger partial charge on any atom is -0.334 e. The van der Waals surface area contributed by atoms with Crippen molar-refractivity contribution in [3.63, 3.8) is 0 Å². The number of alkyl halides is 1. The maximum atomic E-state index is 5.93. The summed E-state index contributed by atoms with van der Waals surface area (Å²) < 4.78 is 0. The Bertz CT molecular complexity index is 559. The standard InChI is InChI=1S/C16H21ClN4/c1-3-14-15(4-2)19-20-16(18-14)21(11-10-17)12-13-8-6-5-7-9-13/h5-9H,3-4,10-12H2,1-2H3. The summed E-state index contributed by atoms with van der Waals surface area (Å²) in [5, 5.41) is 8.59. The van der Waals surface area contributed by atoms with Crippen LogP contribution in [-0.4, -0.2) is 27.6 Å². The Kier molecular flexibility index (Phi) is 5.93. The molecule has 21 heavy (non-hydrogen) atoms. The fourth-order valence-electron chi connectivity index (χ4n) is 2.22. The molecule has 0 fully saturated rings. The van der Waals surface area contributed by atoms with Crippen molar-refractivity contribution in [1.82, 2.24) is 15.2 Å². The van der Waals surface area contributed by atoms with E-state index in [1.807, 2.05) is 18.2 Å². The molecule has 0 bridgehead atoms. The van der Waals surface area contributed by atoms with Gasteiger partial charge in [-0.25, -0.2) is 4.98 Å². The Hall–Kier alpha value is -1.68. The third-order valence-electron chi connectivity index (χ3n) is 3.35. The second-order valence-electron chi connectivity index (χ2n) is 4.81. The molecule has 1 aromatic heterocycles. The van der Waals surface area contributed by atoms with Crippen molar-refractivity contribution in [2.24, 2.45) is 0 Å². The highest BCUT2D eigenvalue weighted by atomic mass is 35.5. The van der Waals surface area contributed by atoms with Gasteiger partial charge >= 0.3 is 0 Å². The normalized spacial score (nSPS) is 10.6. The number of aromatic nitrogens is 3. The molecule has 0 aliphatic rings. The zero-order valence-corrected chi connectivity index (χ0v) is 13.3. The first-order valence-corrected chi connectivity index (χ1v) is 7.89. The maximum absolute atomic E-state index is 5.93. The van der Waals surface area contributed by atoms with Crippen LogP contribution in [0.3, 0.4) is 0 Å². The average molecular weight is 305 g/mol. The van der Waals surface area contributed by atoms with Crippen LogP contribution in [0.4, 0.5) is 5.95 Å². The summed E-state index contributed by atoms with van der Waals surface area (Å²) in [6.45, 7) is 5.61. The van der Waals surface area contributed by atoms with E-state index in [4.69, 9.17) is 11.6 Å². The van der Waals surface area contributed by atoms with E-state index in [2.05, 4.69) is 46.1 Å². The molecule has 0 unspecified atom stereocenters. The van der Waals surface area contributed by atoms with E-state index in [0.29, 0.717) is 18.4 Å². The molecular formula is C16H21ClN4. The molecule has 2 rings (SSSR count). The molecule has 0 N–H and O–H groups in total. The van der Waals surface area contributed by atoms with Crippen molar-refractivity contribution in [3.05, 3.63) is 47.3 Å². The lowest BCUT2D eigenvalue weighted by Crippen LogP contribution is -2.28. The first kappa shape index (κ1) is 15.7. The van der Waals surface area contributed by atoms with Crippen molar-refractivity contribution in [2.75, 3.05) is 17.3 Å². The van der Waals surface area contributed by atoms with Crippen LogP contribution in [0.5, 0.6) is 0 Å². The molecular weight excluding hydrogens is 284 g/mol. The van der Waals surface area contributed by atoms with Crippen LogP contribution in [0, 0.1) is 0 Å². The van der Waals surface area contributed by atoms with E-state index in [1.54, 1.807) is 0 Å². The zero-order valence-electron chi connectivity index (χ0n) is 12.6. The number of aryl methyl sites for hydroxylation is 2. The summed E-state index contributed by atoms with van der Waals surface area (Å²) in [5.41, 5.74) is 3.21. The monoisotopic (exact) mass is 304 g/mol. The fraction of sp³-hybridized carbons (Fsp3) is 0.438. The van der Waals surface area contributed by atoms with Gasteiger partial charge in [-0.3, -0.25) is 0 Å². The quantitative estimate of drug-likeness (QED) is 0.736. The van der Waals surface area contributed by atoms with E-state index < -0.39 is 0 Å². The smallest absolute Gasteiger partial charge is 0.245 e. The molecule has 1 aromatic carbocycles. The van der Waals surface area contributed by atoms with Gasteiger partial charge in [0.15, 0.2) is 0 Å². The van der Waals surface area contributed by atoms with Gasteiger partial charge in [0, 0.05) is 19.0 Å². The molecule has 0 saturated heterocycles. The van der Waals surface area contributed by atoms with E-state index in [0.717, 1.165) is 30.8 Å². The Morgan fingerprint density at radius 2 is 1.71 bits per heavy atom. The van der Waals surface area contributed by atoms with Gasteiger partial charge in [-0.2, -0.15) is 5.10 Å². The van der Waals surface area contributed by atoms with Crippen LogP contribution in [0.15, 0.2) is 30.3 Å². The third-order valence-corrected chi connectivity index (χ3v) is 3.52. The van der Waals surface area contributed by atoms with Gasteiger partial charge < -0.3 is 4.90 Å². The Morgan fingerprint density at radius 1 is 1.00 bits per heavy atom. The molecule has 0 amide bonds. The lowest BCUT2D eigenvalue weighted by atomic mass is 10.2. The van der Waals surface area contributed by atoms with Crippen molar-refractivity contribution >= 4 is 17.5 Å². The number of rotatable bonds is 7. The van der Waals surface area contributed by atoms with Gasteiger partial charge in [-0.15, -0.1) is 16.7 Å². The van der Waals surface area contributed by atoms with E-state index in [9.17, 15) is 0 Å². The largest absolute Gasteiger partial charge is 0.334 e. The molecule has 4 nitrogen and oxygen atoms in total. The van der Waals surface area contributed by atoms with Crippen molar-refractivity contribution in [2.45, 2.75) is 33.2 Å². The Morgan fingerprint density at radius 3 is 2.33 bits per heavy atom. The van der Waals surface area contributed by atoms with Crippen LogP contribution in [0.25, 0.3) is 0 Å². The molecule has 0 aliphatic carbocycles. The van der Waals surface area contributed by atoms with Crippen molar-refractivity contribution < 1.29 is 0 Å². The highest BCUT2D eigenvalue weighted by molar-refractivity contribution is 6.18. The second kappa shape index (κ2) is 7.93. The van der Waals surface area contributed by atoms with Crippen LogP contribution >= 0.6 is 11.6 Å². The molecule has 2 aromatic rings. The van der Waals surface area contributed by atoms with E-state index in [1.165, 1.54) is 5.56 Å². The summed E-state index contributed by atoms with van der Waals surface area (Å²) in [4.78, 5) is 6.75. The maximum Gasteiger partial charge on any atom is 0.245 e. The molecule has 0 radical (unpaired) electrons. The highest BCUT2D eigenvalue weighted by Gasteiger charge is 2.13. The van der Waals surface area contributed by atoms with Crippen LogP contribution in [0.1, 0.15) is 30.8 Å². The number of halogens is 1. The lowest BCUT2D eigenvalue weighted by Gasteiger charge is -2.22. The van der Waals surface area contributed by atoms with Gasteiger partial charge in [-0.05, 0) is 18.4 Å². The van der Waals surface area contributed by atoms with Gasteiger partial charge in [0.05, 0.1) is 11.4 Å². The Balaban J connectivity index is 2.25.